The zero-order valence-corrected chi connectivity index (χ0v) is 23.8. The van der Waals surface area contributed by atoms with Crippen LogP contribution in [0.4, 0.5) is 0 Å². The van der Waals surface area contributed by atoms with Gasteiger partial charge in [0.2, 0.25) is 11.8 Å². The highest BCUT2D eigenvalue weighted by molar-refractivity contribution is 7.90. The minimum Gasteiger partial charge on any atom is -0.468 e. The third-order valence-corrected chi connectivity index (χ3v) is 10.3. The molecular formula is C29H25ClN2O6S2. The number of sulfone groups is 1. The summed E-state index contributed by atoms with van der Waals surface area (Å²) in [6.45, 7) is 0.497. The van der Waals surface area contributed by atoms with E-state index in [0.29, 0.717) is 39.9 Å². The number of pyridine rings is 1. The molecule has 0 atom stereocenters. The number of carbonyl (C=O) groups excluding carboxylic acids is 2. The summed E-state index contributed by atoms with van der Waals surface area (Å²) in [6.07, 6.45) is 0.728. The van der Waals surface area contributed by atoms with Crippen LogP contribution in [0.5, 0.6) is 5.75 Å². The van der Waals surface area contributed by atoms with Crippen LogP contribution in [-0.4, -0.2) is 42.7 Å². The quantitative estimate of drug-likeness (QED) is 0.155. The van der Waals surface area contributed by atoms with Gasteiger partial charge in [-0.2, -0.15) is 0 Å². The number of hydrogen-bond donors (Lipinski definition) is 0. The molecule has 2 aliphatic rings. The maximum Gasteiger partial charge on any atom is 0.230 e. The molecular weight excluding hydrogens is 572 g/mol. The van der Waals surface area contributed by atoms with Crippen LogP contribution in [0.2, 0.25) is 5.02 Å². The van der Waals surface area contributed by atoms with Crippen molar-refractivity contribution in [2.75, 3.05) is 12.5 Å². The molecule has 0 bridgehead atoms. The van der Waals surface area contributed by atoms with Crippen LogP contribution < -0.4 is 4.74 Å². The van der Waals surface area contributed by atoms with Crippen molar-refractivity contribution in [1.29, 1.82) is 0 Å². The van der Waals surface area contributed by atoms with Crippen LogP contribution >= 0.6 is 22.9 Å². The Morgan fingerprint density at radius 1 is 0.975 bits per heavy atom. The summed E-state index contributed by atoms with van der Waals surface area (Å²) in [5.74, 6) is 0.144. The highest BCUT2D eigenvalue weighted by Crippen LogP contribution is 2.45. The summed E-state index contributed by atoms with van der Waals surface area (Å²) in [7, 11) is -3.19. The average molecular weight is 597 g/mol. The highest BCUT2D eigenvalue weighted by Gasteiger charge is 2.32. The molecule has 1 saturated heterocycles. The Kier molecular flexibility index (Phi) is 7.35. The molecule has 0 aliphatic carbocycles. The predicted octanol–water partition coefficient (Wildman–Crippen LogP) is 5.29. The first kappa shape index (κ1) is 26.9. The molecule has 2 aromatic carbocycles. The lowest BCUT2D eigenvalue weighted by Crippen LogP contribution is -2.29. The molecule has 0 unspecified atom stereocenters. The second-order valence-electron chi connectivity index (χ2n) is 9.77. The number of rotatable bonds is 8. The van der Waals surface area contributed by atoms with E-state index in [9.17, 15) is 18.0 Å². The Labute approximate surface area is 240 Å². The molecule has 2 aliphatic heterocycles. The van der Waals surface area contributed by atoms with E-state index in [1.165, 1.54) is 16.2 Å². The number of ether oxygens (including phenoxy) is 2. The second-order valence-corrected chi connectivity index (χ2v) is 13.4. The molecule has 11 heteroatoms. The van der Waals surface area contributed by atoms with Crippen molar-refractivity contribution in [3.8, 4) is 16.9 Å². The maximum absolute atomic E-state index is 12.4. The van der Waals surface area contributed by atoms with Gasteiger partial charge in [-0.05, 0) is 35.2 Å². The molecule has 40 heavy (non-hydrogen) atoms. The van der Waals surface area contributed by atoms with Gasteiger partial charge in [-0.25, -0.2) is 13.4 Å². The van der Waals surface area contributed by atoms with E-state index in [4.69, 9.17) is 26.1 Å². The summed E-state index contributed by atoms with van der Waals surface area (Å²) in [6, 6.07) is 17.2. The van der Waals surface area contributed by atoms with Crippen LogP contribution in [0.1, 0.15) is 34.5 Å². The van der Waals surface area contributed by atoms with Gasteiger partial charge in [0.15, 0.2) is 16.6 Å². The Bertz CT molecular complexity index is 1700. The average Bonchev–Trinajstić information content (AvgIpc) is 3.45. The fourth-order valence-electron chi connectivity index (χ4n) is 5.06. The minimum atomic E-state index is -3.19. The molecule has 2 amide bonds. The molecule has 2 aromatic heterocycles. The molecule has 8 nitrogen and oxygen atoms in total. The molecule has 6 rings (SSSR count). The number of halogens is 1. The Balaban J connectivity index is 1.32. The lowest BCUT2D eigenvalue weighted by Gasteiger charge is -2.18. The highest BCUT2D eigenvalue weighted by atomic mass is 35.5. The van der Waals surface area contributed by atoms with Crippen molar-refractivity contribution in [3.63, 3.8) is 0 Å². The number of aryl methyl sites for hydroxylation is 1. The Morgan fingerprint density at radius 2 is 1.70 bits per heavy atom. The van der Waals surface area contributed by atoms with Gasteiger partial charge >= 0.3 is 0 Å². The summed E-state index contributed by atoms with van der Waals surface area (Å²) in [4.78, 5) is 32.0. The minimum absolute atomic E-state index is 0.0275. The van der Waals surface area contributed by atoms with E-state index < -0.39 is 9.84 Å². The van der Waals surface area contributed by atoms with Crippen LogP contribution in [-0.2, 0) is 49.5 Å². The van der Waals surface area contributed by atoms with Crippen LogP contribution in [0, 0.1) is 0 Å². The number of fused-ring (bicyclic) bond motifs is 3. The van der Waals surface area contributed by atoms with E-state index in [2.05, 4.69) is 0 Å². The fourth-order valence-corrected chi connectivity index (χ4v) is 8.41. The molecule has 0 N–H and O–H groups in total. The first-order valence-electron chi connectivity index (χ1n) is 12.8. The van der Waals surface area contributed by atoms with Gasteiger partial charge in [0.05, 0.1) is 35.4 Å². The van der Waals surface area contributed by atoms with Crippen molar-refractivity contribution < 1.29 is 27.5 Å². The monoisotopic (exact) mass is 596 g/mol. The number of thiophene rings is 1. The van der Waals surface area contributed by atoms with Crippen molar-refractivity contribution in [2.45, 2.75) is 38.2 Å². The summed E-state index contributed by atoms with van der Waals surface area (Å²) < 4.78 is 36.1. The molecule has 4 heterocycles. The number of nitrogens with zero attached hydrogens (tertiary/aromatic N) is 2. The van der Waals surface area contributed by atoms with E-state index in [1.54, 1.807) is 0 Å². The van der Waals surface area contributed by atoms with Crippen molar-refractivity contribution in [2.24, 2.45) is 0 Å². The first-order valence-corrected chi connectivity index (χ1v) is 15.8. The van der Waals surface area contributed by atoms with Crippen LogP contribution in [0.3, 0.4) is 0 Å². The van der Waals surface area contributed by atoms with Crippen molar-refractivity contribution in [1.82, 2.24) is 9.88 Å². The third-order valence-electron chi connectivity index (χ3n) is 7.07. The van der Waals surface area contributed by atoms with Gasteiger partial charge < -0.3 is 9.47 Å². The number of hydrogen-bond acceptors (Lipinski definition) is 8. The Hall–Kier alpha value is -3.31. The van der Waals surface area contributed by atoms with Gasteiger partial charge in [-0.15, -0.1) is 11.3 Å². The zero-order valence-electron chi connectivity index (χ0n) is 21.4. The largest absolute Gasteiger partial charge is 0.468 e. The third kappa shape index (κ3) is 5.36. The molecule has 0 spiro atoms. The number of benzene rings is 2. The topological polar surface area (TPSA) is 103 Å². The van der Waals surface area contributed by atoms with E-state index >= 15 is 0 Å². The lowest BCUT2D eigenvalue weighted by molar-refractivity contribution is -0.139. The molecule has 0 saturated carbocycles. The standard InChI is InChI=1S/C29H25ClN2O6S2/c30-28-22(14-32-24(33)10-11-25(32)34)31-29-27(21-12-13-40(35,36)16-23(21)39-29)26(28)19-6-8-20(9-7-19)38-17-37-15-18-4-2-1-3-5-18/h1-9H,10-17H2. The van der Waals surface area contributed by atoms with E-state index in [1.807, 2.05) is 54.6 Å². The fraction of sp³-hybridized carbons (Fsp3) is 0.276. The number of likely N-dealkylation sites (tertiary alicyclic amines) is 1. The Morgan fingerprint density at radius 3 is 2.42 bits per heavy atom. The summed E-state index contributed by atoms with van der Waals surface area (Å²) >= 11 is 8.30. The summed E-state index contributed by atoms with van der Waals surface area (Å²) in [5, 5.41) is 1.16. The van der Waals surface area contributed by atoms with Crippen molar-refractivity contribution >= 4 is 54.8 Å². The van der Waals surface area contributed by atoms with Crippen LogP contribution in [0.15, 0.2) is 54.6 Å². The van der Waals surface area contributed by atoms with Gasteiger partial charge in [0, 0.05) is 28.7 Å². The number of carbonyl (C=O) groups is 2. The van der Waals surface area contributed by atoms with Crippen molar-refractivity contribution in [3.05, 3.63) is 81.3 Å². The van der Waals surface area contributed by atoms with Gasteiger partial charge in [0.25, 0.3) is 0 Å². The molecule has 1 fully saturated rings. The van der Waals surface area contributed by atoms with Crippen LogP contribution in [0.25, 0.3) is 21.3 Å². The molecule has 4 aromatic rings. The number of imide groups is 1. The van der Waals surface area contributed by atoms with Gasteiger partial charge in [0.1, 0.15) is 10.6 Å². The SMILES string of the molecule is O=C1CCC(=O)N1Cc1nc2sc3c(c2c(-c2ccc(OCOCc4ccccc4)cc2)c1Cl)CCS(=O)(=O)C3. The zero-order chi connectivity index (χ0) is 27.9. The second kappa shape index (κ2) is 10.9. The maximum atomic E-state index is 12.4. The lowest BCUT2D eigenvalue weighted by atomic mass is 9.97. The van der Waals surface area contributed by atoms with Gasteiger partial charge in [-0.3, -0.25) is 14.5 Å². The van der Waals surface area contributed by atoms with E-state index in [0.717, 1.165) is 27.0 Å². The smallest absolute Gasteiger partial charge is 0.230 e. The molecule has 206 valence electrons. The first-order chi connectivity index (χ1) is 19.3. The predicted molar refractivity (Wildman–Crippen MR) is 153 cm³/mol. The van der Waals surface area contributed by atoms with Gasteiger partial charge in [-0.1, -0.05) is 54.1 Å². The van der Waals surface area contributed by atoms with E-state index in [-0.39, 0.29) is 49.5 Å². The molecule has 0 radical (unpaired) electrons. The number of amides is 2. The number of aromatic nitrogens is 1. The normalized spacial score (nSPS) is 16.5. The summed E-state index contributed by atoms with van der Waals surface area (Å²) in [5.41, 5.74) is 3.91.